The van der Waals surface area contributed by atoms with Crippen molar-refractivity contribution in [2.45, 2.75) is 12.0 Å². The molecule has 1 aliphatic rings. The fourth-order valence-corrected chi connectivity index (χ4v) is 2.70. The van der Waals surface area contributed by atoms with Gasteiger partial charge in [-0.1, -0.05) is 36.4 Å². The van der Waals surface area contributed by atoms with E-state index < -0.39 is 0 Å². The Morgan fingerprint density at radius 3 is 2.36 bits per heavy atom. The van der Waals surface area contributed by atoms with Gasteiger partial charge in [-0.15, -0.1) is 24.8 Å². The third-order valence-corrected chi connectivity index (χ3v) is 3.76. The molecular formula is C16H19Cl2N3O. The van der Waals surface area contributed by atoms with E-state index in [0.29, 0.717) is 18.8 Å². The van der Waals surface area contributed by atoms with Gasteiger partial charge in [0.25, 0.3) is 5.91 Å². The molecule has 0 saturated carbocycles. The maximum absolute atomic E-state index is 12.4. The molecule has 1 saturated heterocycles. The molecule has 0 spiro atoms. The van der Waals surface area contributed by atoms with Gasteiger partial charge < -0.3 is 10.6 Å². The summed E-state index contributed by atoms with van der Waals surface area (Å²) in [6.07, 6.45) is 1.64. The number of nitrogens with zero attached hydrogens (tertiary/aromatic N) is 2. The van der Waals surface area contributed by atoms with E-state index in [1.165, 1.54) is 5.56 Å². The van der Waals surface area contributed by atoms with E-state index in [1.54, 1.807) is 23.2 Å². The second-order valence-corrected chi connectivity index (χ2v) is 5.11. The second-order valence-electron chi connectivity index (χ2n) is 5.11. The molecule has 1 fully saturated rings. The largest absolute Gasteiger partial charge is 0.335 e. The Labute approximate surface area is 142 Å². The van der Waals surface area contributed by atoms with Crippen LogP contribution in [0, 0.1) is 0 Å². The molecule has 118 valence electrons. The van der Waals surface area contributed by atoms with Crippen LogP contribution in [0.5, 0.6) is 0 Å². The van der Waals surface area contributed by atoms with Crippen LogP contribution in [0.25, 0.3) is 0 Å². The van der Waals surface area contributed by atoms with Crippen molar-refractivity contribution in [3.63, 3.8) is 0 Å². The molecule has 4 nitrogen and oxygen atoms in total. The number of nitrogens with two attached hydrogens (primary N) is 1. The van der Waals surface area contributed by atoms with Crippen LogP contribution in [0.1, 0.15) is 22.0 Å². The van der Waals surface area contributed by atoms with Gasteiger partial charge in [0.05, 0.1) is 0 Å². The van der Waals surface area contributed by atoms with Gasteiger partial charge in [0.15, 0.2) is 0 Å². The highest BCUT2D eigenvalue weighted by molar-refractivity contribution is 5.92. The Hall–Kier alpha value is -1.62. The van der Waals surface area contributed by atoms with Gasteiger partial charge in [-0.25, -0.2) is 0 Å². The number of rotatable bonds is 2. The lowest BCUT2D eigenvalue weighted by molar-refractivity contribution is 0.0783. The van der Waals surface area contributed by atoms with E-state index in [4.69, 9.17) is 5.73 Å². The monoisotopic (exact) mass is 339 g/mol. The summed E-state index contributed by atoms with van der Waals surface area (Å²) in [5, 5.41) is 0. The fraction of sp³-hybridized carbons (Fsp3) is 0.250. The molecule has 0 aliphatic carbocycles. The minimum atomic E-state index is -0.0421. The third-order valence-electron chi connectivity index (χ3n) is 3.76. The number of amides is 1. The number of hydrogen-bond acceptors (Lipinski definition) is 3. The van der Waals surface area contributed by atoms with Crippen LogP contribution in [0.2, 0.25) is 0 Å². The van der Waals surface area contributed by atoms with E-state index >= 15 is 0 Å². The predicted octanol–water partition coefficient (Wildman–Crippen LogP) is 2.49. The van der Waals surface area contributed by atoms with Crippen LogP contribution in [0.3, 0.4) is 0 Å². The zero-order chi connectivity index (χ0) is 13.9. The number of carbonyl (C=O) groups excluding carboxylic acids is 1. The van der Waals surface area contributed by atoms with Crippen LogP contribution >= 0.6 is 24.8 Å². The number of pyridine rings is 1. The number of hydrogen-bond donors (Lipinski definition) is 1. The summed E-state index contributed by atoms with van der Waals surface area (Å²) in [5.74, 6) is 0.156. The second kappa shape index (κ2) is 8.13. The van der Waals surface area contributed by atoms with Crippen LogP contribution in [-0.2, 0) is 0 Å². The standard InChI is InChI=1S/C16H17N3O.2ClH/c17-14-11-19(16(20)15-8-4-5-9-18-15)10-13(14)12-6-2-1-3-7-12;;/h1-9,13-14H,10-11,17H2;2*1H/t13-,14+;;/m0../s1. The van der Waals surface area contributed by atoms with Gasteiger partial charge in [-0.2, -0.15) is 0 Å². The molecule has 2 N–H and O–H groups in total. The van der Waals surface area contributed by atoms with E-state index in [-0.39, 0.29) is 42.7 Å². The Morgan fingerprint density at radius 2 is 1.73 bits per heavy atom. The molecule has 1 aliphatic heterocycles. The smallest absolute Gasteiger partial charge is 0.272 e. The average molecular weight is 340 g/mol. The summed E-state index contributed by atoms with van der Waals surface area (Å²) >= 11 is 0. The lowest BCUT2D eigenvalue weighted by Crippen LogP contribution is -2.32. The molecule has 3 rings (SSSR count). The van der Waals surface area contributed by atoms with E-state index in [0.717, 1.165) is 0 Å². The van der Waals surface area contributed by atoms with Crippen molar-refractivity contribution in [1.82, 2.24) is 9.88 Å². The Balaban J connectivity index is 0.00000121. The molecule has 2 atom stereocenters. The molecule has 6 heteroatoms. The molecule has 0 bridgehead atoms. The first-order chi connectivity index (χ1) is 9.75. The van der Waals surface area contributed by atoms with Crippen molar-refractivity contribution in [1.29, 1.82) is 0 Å². The number of likely N-dealkylation sites (tertiary alicyclic amines) is 1. The van der Waals surface area contributed by atoms with Crippen molar-refractivity contribution in [2.75, 3.05) is 13.1 Å². The SMILES string of the molecule is Cl.Cl.N[C@@H]1CN(C(=O)c2ccccn2)C[C@H]1c1ccccc1. The zero-order valence-electron chi connectivity index (χ0n) is 12.0. The molecule has 2 heterocycles. The highest BCUT2D eigenvalue weighted by atomic mass is 35.5. The van der Waals surface area contributed by atoms with Gasteiger partial charge in [0.1, 0.15) is 5.69 Å². The molecule has 22 heavy (non-hydrogen) atoms. The molecule has 2 aromatic rings. The molecule has 1 aromatic heterocycles. The first-order valence-corrected chi connectivity index (χ1v) is 6.76. The zero-order valence-corrected chi connectivity index (χ0v) is 13.6. The van der Waals surface area contributed by atoms with Gasteiger partial charge in [-0.3, -0.25) is 9.78 Å². The quantitative estimate of drug-likeness (QED) is 0.914. The number of aromatic nitrogens is 1. The molecule has 0 unspecified atom stereocenters. The van der Waals surface area contributed by atoms with Crippen molar-refractivity contribution in [2.24, 2.45) is 5.73 Å². The predicted molar refractivity (Wildman–Crippen MR) is 91.8 cm³/mol. The number of benzene rings is 1. The highest BCUT2D eigenvalue weighted by Crippen LogP contribution is 2.27. The number of halogens is 2. The van der Waals surface area contributed by atoms with Crippen molar-refractivity contribution in [3.8, 4) is 0 Å². The maximum atomic E-state index is 12.4. The van der Waals surface area contributed by atoms with Gasteiger partial charge in [0.2, 0.25) is 0 Å². The first kappa shape index (κ1) is 18.4. The lowest BCUT2D eigenvalue weighted by atomic mass is 9.95. The van der Waals surface area contributed by atoms with Crippen molar-refractivity contribution in [3.05, 3.63) is 66.0 Å². The van der Waals surface area contributed by atoms with Crippen LogP contribution in [0.15, 0.2) is 54.7 Å². The molecule has 1 aromatic carbocycles. The van der Waals surface area contributed by atoms with E-state index in [1.807, 2.05) is 24.3 Å². The van der Waals surface area contributed by atoms with Gasteiger partial charge in [0, 0.05) is 31.2 Å². The Kier molecular flexibility index (Phi) is 6.81. The fourth-order valence-electron chi connectivity index (χ4n) is 2.70. The average Bonchev–Trinajstić information content (AvgIpc) is 2.90. The number of carbonyl (C=O) groups is 1. The first-order valence-electron chi connectivity index (χ1n) is 6.76. The molecule has 1 amide bonds. The Bertz CT molecular complexity index is 595. The summed E-state index contributed by atoms with van der Waals surface area (Å²) in [6.45, 7) is 1.23. The van der Waals surface area contributed by atoms with Gasteiger partial charge in [-0.05, 0) is 17.7 Å². The van der Waals surface area contributed by atoms with Crippen LogP contribution < -0.4 is 5.73 Å². The summed E-state index contributed by atoms with van der Waals surface area (Å²) in [7, 11) is 0. The molecule has 0 radical (unpaired) electrons. The third kappa shape index (κ3) is 3.77. The maximum Gasteiger partial charge on any atom is 0.272 e. The summed E-state index contributed by atoms with van der Waals surface area (Å²) in [6, 6.07) is 15.5. The normalized spacial score (nSPS) is 20.0. The van der Waals surface area contributed by atoms with E-state index in [9.17, 15) is 4.79 Å². The Morgan fingerprint density at radius 1 is 1.05 bits per heavy atom. The van der Waals surface area contributed by atoms with Crippen LogP contribution in [-0.4, -0.2) is 34.9 Å². The van der Waals surface area contributed by atoms with Crippen molar-refractivity contribution < 1.29 is 4.79 Å². The summed E-state index contributed by atoms with van der Waals surface area (Å²) < 4.78 is 0. The van der Waals surface area contributed by atoms with Crippen molar-refractivity contribution >= 4 is 30.7 Å². The minimum Gasteiger partial charge on any atom is -0.335 e. The molecular weight excluding hydrogens is 321 g/mol. The highest BCUT2D eigenvalue weighted by Gasteiger charge is 2.34. The van der Waals surface area contributed by atoms with Gasteiger partial charge >= 0.3 is 0 Å². The summed E-state index contributed by atoms with van der Waals surface area (Å²) in [5.41, 5.74) is 7.87. The van der Waals surface area contributed by atoms with E-state index in [2.05, 4.69) is 17.1 Å². The minimum absolute atomic E-state index is 0. The summed E-state index contributed by atoms with van der Waals surface area (Å²) in [4.78, 5) is 18.3. The topological polar surface area (TPSA) is 59.2 Å². The van der Waals surface area contributed by atoms with Crippen LogP contribution in [0.4, 0.5) is 0 Å². The lowest BCUT2D eigenvalue weighted by Gasteiger charge is -2.16.